The fourth-order valence-corrected chi connectivity index (χ4v) is 5.62. The first-order valence-corrected chi connectivity index (χ1v) is 11.5. The van der Waals surface area contributed by atoms with Crippen molar-refractivity contribution < 1.29 is 13.5 Å². The second kappa shape index (κ2) is 8.09. The Morgan fingerprint density at radius 3 is 2.18 bits per heavy atom. The molecule has 28 heavy (non-hydrogen) atoms. The fourth-order valence-electron chi connectivity index (χ4n) is 4.15. The van der Waals surface area contributed by atoms with Crippen molar-refractivity contribution in [2.45, 2.75) is 42.9 Å². The molecule has 3 heterocycles. The molecule has 6 nitrogen and oxygen atoms in total. The Kier molecular flexibility index (Phi) is 5.55. The summed E-state index contributed by atoms with van der Waals surface area (Å²) in [6, 6.07) is 11.0. The number of nitrogens with zero attached hydrogens (tertiary/aromatic N) is 3. The fraction of sp³-hybridized carbons (Fsp3) is 0.476. The third-order valence-electron chi connectivity index (χ3n) is 5.86. The van der Waals surface area contributed by atoms with Crippen LogP contribution in [0.25, 0.3) is 0 Å². The SMILES string of the molecule is O=S(=O)(c1ccc(N2CCC(c3ccc(O)cc3)CC2)nc1)N1CCCCC1. The zero-order valence-corrected chi connectivity index (χ0v) is 16.8. The van der Waals surface area contributed by atoms with Crippen molar-refractivity contribution in [1.29, 1.82) is 0 Å². The van der Waals surface area contributed by atoms with Crippen LogP contribution in [0.3, 0.4) is 0 Å². The van der Waals surface area contributed by atoms with Crippen molar-refractivity contribution in [3.63, 3.8) is 0 Å². The minimum atomic E-state index is -3.43. The molecule has 2 saturated heterocycles. The summed E-state index contributed by atoms with van der Waals surface area (Å²) in [4.78, 5) is 6.97. The average molecular weight is 402 g/mol. The summed E-state index contributed by atoms with van der Waals surface area (Å²) in [5.74, 6) is 1.61. The third kappa shape index (κ3) is 4.00. The molecule has 0 unspecified atom stereocenters. The molecule has 0 radical (unpaired) electrons. The number of pyridine rings is 1. The van der Waals surface area contributed by atoms with Crippen molar-refractivity contribution in [3.05, 3.63) is 48.2 Å². The van der Waals surface area contributed by atoms with Crippen molar-refractivity contribution in [1.82, 2.24) is 9.29 Å². The van der Waals surface area contributed by atoms with Crippen molar-refractivity contribution in [2.75, 3.05) is 31.1 Å². The Balaban J connectivity index is 1.40. The van der Waals surface area contributed by atoms with Gasteiger partial charge in [-0.25, -0.2) is 13.4 Å². The number of aromatic hydroxyl groups is 1. The zero-order chi connectivity index (χ0) is 19.6. The van der Waals surface area contributed by atoms with Gasteiger partial charge in [-0.3, -0.25) is 0 Å². The van der Waals surface area contributed by atoms with Crippen LogP contribution in [0.5, 0.6) is 5.75 Å². The summed E-state index contributed by atoms with van der Waals surface area (Å²) in [7, 11) is -3.43. The van der Waals surface area contributed by atoms with Crippen LogP contribution in [0.1, 0.15) is 43.6 Å². The van der Waals surface area contributed by atoms with E-state index >= 15 is 0 Å². The van der Waals surface area contributed by atoms with E-state index in [-0.39, 0.29) is 4.90 Å². The molecule has 7 heteroatoms. The van der Waals surface area contributed by atoms with Gasteiger partial charge in [0, 0.05) is 32.4 Å². The second-order valence-electron chi connectivity index (χ2n) is 7.67. The molecule has 0 amide bonds. The predicted molar refractivity (Wildman–Crippen MR) is 109 cm³/mol. The first-order chi connectivity index (χ1) is 13.5. The van der Waals surface area contributed by atoms with Crippen molar-refractivity contribution in [3.8, 4) is 5.75 Å². The van der Waals surface area contributed by atoms with Gasteiger partial charge in [0.15, 0.2) is 0 Å². The van der Waals surface area contributed by atoms with Gasteiger partial charge in [0.1, 0.15) is 16.5 Å². The van der Waals surface area contributed by atoms with Gasteiger partial charge < -0.3 is 10.0 Å². The lowest BCUT2D eigenvalue weighted by atomic mass is 9.89. The van der Waals surface area contributed by atoms with E-state index < -0.39 is 10.0 Å². The van der Waals surface area contributed by atoms with Gasteiger partial charge in [-0.1, -0.05) is 18.6 Å². The summed E-state index contributed by atoms with van der Waals surface area (Å²) in [6.45, 7) is 2.98. The Hall–Kier alpha value is -2.12. The predicted octanol–water partition coefficient (Wildman–Crippen LogP) is 3.35. The molecule has 0 spiro atoms. The van der Waals surface area contributed by atoms with Crippen molar-refractivity contribution >= 4 is 15.8 Å². The summed E-state index contributed by atoms with van der Waals surface area (Å²) >= 11 is 0. The first-order valence-electron chi connectivity index (χ1n) is 10.0. The molecule has 2 aliphatic heterocycles. The third-order valence-corrected chi connectivity index (χ3v) is 7.74. The largest absolute Gasteiger partial charge is 0.508 e. The minimum absolute atomic E-state index is 0.289. The zero-order valence-electron chi connectivity index (χ0n) is 16.0. The molecule has 1 aromatic carbocycles. The van der Waals surface area contributed by atoms with E-state index in [1.54, 1.807) is 22.5 Å². The lowest BCUT2D eigenvalue weighted by Gasteiger charge is -2.33. The van der Waals surface area contributed by atoms with Crippen LogP contribution in [0.15, 0.2) is 47.5 Å². The monoisotopic (exact) mass is 401 g/mol. The van der Waals surface area contributed by atoms with Crippen LogP contribution in [0.2, 0.25) is 0 Å². The van der Waals surface area contributed by atoms with Crippen LogP contribution in [0.4, 0.5) is 5.82 Å². The van der Waals surface area contributed by atoms with E-state index in [4.69, 9.17) is 0 Å². The normalized spacial score (nSPS) is 19.6. The number of benzene rings is 1. The lowest BCUT2D eigenvalue weighted by molar-refractivity contribution is 0.346. The van der Waals surface area contributed by atoms with E-state index in [0.29, 0.717) is 24.8 Å². The van der Waals surface area contributed by atoms with Crippen LogP contribution in [-0.2, 0) is 10.0 Å². The Morgan fingerprint density at radius 1 is 0.893 bits per heavy atom. The minimum Gasteiger partial charge on any atom is -0.508 e. The highest BCUT2D eigenvalue weighted by atomic mass is 32.2. The standard InChI is InChI=1S/C21H27N3O3S/c25-19-6-4-17(5-7-19)18-10-14-23(15-11-18)21-9-8-20(16-22-21)28(26,27)24-12-2-1-3-13-24/h4-9,16,18,25H,1-3,10-15H2. The Labute approximate surface area is 166 Å². The van der Waals surface area contributed by atoms with E-state index in [1.165, 1.54) is 11.8 Å². The van der Waals surface area contributed by atoms with E-state index in [2.05, 4.69) is 9.88 Å². The highest BCUT2D eigenvalue weighted by Crippen LogP contribution is 2.31. The maximum absolute atomic E-state index is 12.8. The number of piperidine rings is 2. The van der Waals surface area contributed by atoms with E-state index in [9.17, 15) is 13.5 Å². The molecule has 1 N–H and O–H groups in total. The molecular weight excluding hydrogens is 374 g/mol. The van der Waals surface area contributed by atoms with E-state index in [1.807, 2.05) is 18.2 Å². The van der Waals surface area contributed by atoms with Gasteiger partial charge in [-0.15, -0.1) is 0 Å². The quantitative estimate of drug-likeness (QED) is 0.851. The number of rotatable bonds is 4. The number of sulfonamides is 1. The van der Waals surface area contributed by atoms with Gasteiger partial charge in [-0.2, -0.15) is 4.31 Å². The molecule has 150 valence electrons. The van der Waals surface area contributed by atoms with Gasteiger partial charge in [0.2, 0.25) is 10.0 Å². The number of aromatic nitrogens is 1. The summed E-state index contributed by atoms with van der Waals surface area (Å²) < 4.78 is 27.1. The number of phenolic OH excluding ortho intramolecular Hbond substituents is 1. The molecule has 0 bridgehead atoms. The molecule has 2 fully saturated rings. The highest BCUT2D eigenvalue weighted by Gasteiger charge is 2.27. The molecule has 1 aromatic heterocycles. The topological polar surface area (TPSA) is 73.7 Å². The van der Waals surface area contributed by atoms with Crippen molar-refractivity contribution in [2.24, 2.45) is 0 Å². The smallest absolute Gasteiger partial charge is 0.244 e. The number of hydrogen-bond acceptors (Lipinski definition) is 5. The first kappa shape index (κ1) is 19.2. The maximum atomic E-state index is 12.8. The van der Waals surface area contributed by atoms with E-state index in [0.717, 1.165) is 51.0 Å². The molecule has 0 atom stereocenters. The second-order valence-corrected chi connectivity index (χ2v) is 9.61. The number of phenols is 1. The molecule has 4 rings (SSSR count). The van der Waals surface area contributed by atoms with Crippen LogP contribution in [-0.4, -0.2) is 49.0 Å². The maximum Gasteiger partial charge on any atom is 0.244 e. The molecule has 0 saturated carbocycles. The molecular formula is C21H27N3O3S. The average Bonchev–Trinajstić information content (AvgIpc) is 2.75. The van der Waals surface area contributed by atoms with Crippen LogP contribution >= 0.6 is 0 Å². The van der Waals surface area contributed by atoms with Gasteiger partial charge in [0.05, 0.1) is 0 Å². The summed E-state index contributed by atoms with van der Waals surface area (Å²) in [5, 5.41) is 9.45. The Bertz CT molecular complexity index is 883. The van der Waals surface area contributed by atoms with Gasteiger partial charge in [-0.05, 0) is 61.4 Å². The molecule has 2 aromatic rings. The summed E-state index contributed by atoms with van der Waals surface area (Å²) in [6.07, 6.45) is 6.50. The van der Waals surface area contributed by atoms with Gasteiger partial charge in [0.25, 0.3) is 0 Å². The van der Waals surface area contributed by atoms with Crippen LogP contribution < -0.4 is 4.90 Å². The lowest BCUT2D eigenvalue weighted by Crippen LogP contribution is -2.36. The Morgan fingerprint density at radius 2 is 1.57 bits per heavy atom. The van der Waals surface area contributed by atoms with Crippen LogP contribution in [0, 0.1) is 0 Å². The molecule has 2 aliphatic rings. The molecule has 0 aliphatic carbocycles. The summed E-state index contributed by atoms with van der Waals surface area (Å²) in [5.41, 5.74) is 1.26. The number of anilines is 1. The number of hydrogen-bond donors (Lipinski definition) is 1. The highest BCUT2D eigenvalue weighted by molar-refractivity contribution is 7.89. The van der Waals surface area contributed by atoms with Gasteiger partial charge >= 0.3 is 0 Å².